The Morgan fingerprint density at radius 3 is 2.53 bits per heavy atom. The molecule has 1 saturated carbocycles. The van der Waals surface area contributed by atoms with Crippen LogP contribution in [0.1, 0.15) is 48.2 Å². The number of nitriles is 1. The summed E-state index contributed by atoms with van der Waals surface area (Å²) in [5.41, 5.74) is 0.783. The lowest BCUT2D eigenvalue weighted by molar-refractivity contribution is 0.0888. The van der Waals surface area contributed by atoms with Crippen LogP contribution >= 0.6 is 11.6 Å². The van der Waals surface area contributed by atoms with Gasteiger partial charge < -0.3 is 20.3 Å². The van der Waals surface area contributed by atoms with E-state index in [-0.39, 0.29) is 18.1 Å². The Morgan fingerprint density at radius 1 is 1.16 bits per heavy atom. The Bertz CT molecular complexity index is 1020. The molecule has 2 unspecified atom stereocenters. The zero-order chi connectivity index (χ0) is 22.1. The Labute approximate surface area is 191 Å². The van der Waals surface area contributed by atoms with E-state index in [1.165, 1.54) is 6.42 Å². The highest BCUT2D eigenvalue weighted by atomic mass is 35.5. The number of carbonyl (C=O) groups excluding carboxylic acids is 1. The monoisotopic (exact) mass is 452 g/mol. The Morgan fingerprint density at radius 2 is 1.91 bits per heavy atom. The number of hydrogen-bond donors (Lipinski definition) is 2. The second-order valence-corrected chi connectivity index (χ2v) is 9.20. The highest BCUT2D eigenvalue weighted by Crippen LogP contribution is 2.28. The van der Waals surface area contributed by atoms with Crippen LogP contribution in [0, 0.1) is 11.3 Å². The average molecular weight is 453 g/mol. The molecule has 2 aromatic rings. The van der Waals surface area contributed by atoms with Gasteiger partial charge in [-0.2, -0.15) is 5.26 Å². The van der Waals surface area contributed by atoms with Gasteiger partial charge in [0, 0.05) is 37.3 Å². The predicted molar refractivity (Wildman–Crippen MR) is 120 cm³/mol. The highest BCUT2D eigenvalue weighted by Gasteiger charge is 2.37. The second kappa shape index (κ2) is 8.93. The summed E-state index contributed by atoms with van der Waals surface area (Å²) in [7, 11) is 0. The number of aromatic nitrogens is 2. The predicted octanol–water partition coefficient (Wildman–Crippen LogP) is 2.67. The van der Waals surface area contributed by atoms with E-state index in [9.17, 15) is 4.79 Å². The molecule has 4 heterocycles. The van der Waals surface area contributed by atoms with Gasteiger partial charge in [0.1, 0.15) is 11.8 Å². The number of fused-ring (bicyclic) bond motifs is 2. The summed E-state index contributed by atoms with van der Waals surface area (Å²) in [4.78, 5) is 14.8. The molecule has 166 valence electrons. The van der Waals surface area contributed by atoms with Gasteiger partial charge in [-0.3, -0.25) is 4.79 Å². The molecule has 1 aromatic carbocycles. The Kier molecular flexibility index (Phi) is 5.85. The van der Waals surface area contributed by atoms with Gasteiger partial charge in [-0.15, -0.1) is 10.2 Å². The third kappa shape index (κ3) is 4.50. The van der Waals surface area contributed by atoms with Crippen LogP contribution in [0.5, 0.6) is 5.75 Å². The normalized spacial score (nSPS) is 26.6. The Hall–Kier alpha value is -2.89. The number of nitrogens with one attached hydrogen (secondary N) is 2. The number of ether oxygens (including phenoxy) is 1. The van der Waals surface area contributed by atoms with Gasteiger partial charge in [0.25, 0.3) is 5.91 Å². The average Bonchev–Trinajstić information content (AvgIpc) is 2.80. The van der Waals surface area contributed by atoms with Gasteiger partial charge in [-0.05, 0) is 56.4 Å². The van der Waals surface area contributed by atoms with Gasteiger partial charge in [0.2, 0.25) is 0 Å². The van der Waals surface area contributed by atoms with Crippen molar-refractivity contribution in [1.82, 2.24) is 20.8 Å². The topological polar surface area (TPSA) is 103 Å². The fourth-order valence-corrected chi connectivity index (χ4v) is 4.96. The van der Waals surface area contributed by atoms with Crippen molar-refractivity contribution in [3.8, 4) is 11.8 Å². The van der Waals surface area contributed by atoms with E-state index in [1.54, 1.807) is 24.3 Å². The number of piperazine rings is 1. The first-order chi connectivity index (χ1) is 15.6. The highest BCUT2D eigenvalue weighted by molar-refractivity contribution is 6.31. The van der Waals surface area contributed by atoms with Gasteiger partial charge in [0.15, 0.2) is 11.5 Å². The molecular formula is C23H25ClN6O2. The summed E-state index contributed by atoms with van der Waals surface area (Å²) < 4.78 is 6.02. The molecule has 2 bridgehead atoms. The number of benzene rings is 1. The number of halogens is 1. The van der Waals surface area contributed by atoms with Crippen LogP contribution in [-0.2, 0) is 0 Å². The van der Waals surface area contributed by atoms with Crippen LogP contribution in [0.25, 0.3) is 0 Å². The van der Waals surface area contributed by atoms with Crippen molar-refractivity contribution in [2.75, 3.05) is 18.0 Å². The molecule has 3 saturated heterocycles. The minimum Gasteiger partial charge on any atom is -0.490 e. The number of anilines is 1. The van der Waals surface area contributed by atoms with Crippen LogP contribution < -0.4 is 20.3 Å². The van der Waals surface area contributed by atoms with Crippen molar-refractivity contribution in [2.24, 2.45) is 0 Å². The van der Waals surface area contributed by atoms with E-state index in [4.69, 9.17) is 21.6 Å². The Balaban J connectivity index is 1.10. The molecule has 4 fully saturated rings. The lowest BCUT2D eigenvalue weighted by atomic mass is 9.91. The SMILES string of the molecule is N#Cc1ccc(OC2CCC(NC(=O)c3ccc(N4CC5CC(C4)N5)nn3)CC2)cc1Cl. The summed E-state index contributed by atoms with van der Waals surface area (Å²) in [5.74, 6) is 1.31. The van der Waals surface area contributed by atoms with Crippen molar-refractivity contribution >= 4 is 23.3 Å². The van der Waals surface area contributed by atoms with Crippen LogP contribution in [0.4, 0.5) is 5.82 Å². The minimum absolute atomic E-state index is 0.0662. The van der Waals surface area contributed by atoms with Crippen molar-refractivity contribution in [2.45, 2.75) is 56.3 Å². The van der Waals surface area contributed by atoms with Gasteiger partial charge in [0.05, 0.1) is 16.7 Å². The van der Waals surface area contributed by atoms with Crippen LogP contribution in [0.15, 0.2) is 30.3 Å². The van der Waals surface area contributed by atoms with E-state index >= 15 is 0 Å². The van der Waals surface area contributed by atoms with Crippen molar-refractivity contribution in [3.63, 3.8) is 0 Å². The summed E-state index contributed by atoms with van der Waals surface area (Å²) >= 11 is 6.08. The fourth-order valence-electron chi connectivity index (χ4n) is 4.75. The lowest BCUT2D eigenvalue weighted by Crippen LogP contribution is -2.67. The summed E-state index contributed by atoms with van der Waals surface area (Å²) in [6.07, 6.45) is 4.62. The largest absolute Gasteiger partial charge is 0.490 e. The molecule has 8 nitrogen and oxygen atoms in total. The molecule has 2 N–H and O–H groups in total. The van der Waals surface area contributed by atoms with Crippen LogP contribution in [0.2, 0.25) is 5.02 Å². The maximum Gasteiger partial charge on any atom is 0.272 e. The summed E-state index contributed by atoms with van der Waals surface area (Å²) in [5, 5.41) is 24.4. The van der Waals surface area contributed by atoms with E-state index < -0.39 is 0 Å². The van der Waals surface area contributed by atoms with E-state index in [2.05, 4.69) is 25.7 Å². The lowest BCUT2D eigenvalue weighted by Gasteiger charge is -2.48. The van der Waals surface area contributed by atoms with Gasteiger partial charge in [-0.1, -0.05) is 11.6 Å². The number of rotatable bonds is 5. The molecule has 1 aliphatic carbocycles. The summed E-state index contributed by atoms with van der Waals surface area (Å²) in [6.45, 7) is 1.88. The van der Waals surface area contributed by atoms with Crippen LogP contribution in [-0.4, -0.2) is 53.4 Å². The molecule has 0 radical (unpaired) electrons. The molecule has 4 aliphatic rings. The second-order valence-electron chi connectivity index (χ2n) is 8.80. The first kappa shape index (κ1) is 21.0. The minimum atomic E-state index is -0.185. The third-order valence-corrected chi connectivity index (χ3v) is 6.81. The smallest absolute Gasteiger partial charge is 0.272 e. The maximum atomic E-state index is 12.6. The van der Waals surface area contributed by atoms with Crippen LogP contribution in [0.3, 0.4) is 0 Å². The number of carbonyl (C=O) groups is 1. The summed E-state index contributed by atoms with van der Waals surface area (Å²) in [6, 6.07) is 12.0. The molecule has 1 aromatic heterocycles. The zero-order valence-corrected chi connectivity index (χ0v) is 18.4. The number of piperidine rings is 1. The molecular weight excluding hydrogens is 428 g/mol. The quantitative estimate of drug-likeness (QED) is 0.718. The molecule has 2 atom stereocenters. The molecule has 1 amide bonds. The van der Waals surface area contributed by atoms with Crippen molar-refractivity contribution in [3.05, 3.63) is 46.6 Å². The standard InChI is InChI=1S/C23H25ClN6O2/c24-20-10-19(4-1-14(20)11-25)32-18-5-2-15(3-6-18)27-23(31)21-7-8-22(29-28-21)30-12-16-9-17(13-30)26-16/h1,4,7-8,10,15-18,26H,2-3,5-6,9,12-13H2,(H,27,31). The number of nitrogens with zero attached hydrogens (tertiary/aromatic N) is 4. The van der Waals surface area contributed by atoms with E-state index in [0.717, 1.165) is 44.6 Å². The van der Waals surface area contributed by atoms with Gasteiger partial charge >= 0.3 is 0 Å². The fraction of sp³-hybridized carbons (Fsp3) is 0.478. The number of amides is 1. The molecule has 0 spiro atoms. The third-order valence-electron chi connectivity index (χ3n) is 6.50. The molecule has 3 aliphatic heterocycles. The van der Waals surface area contributed by atoms with E-state index in [0.29, 0.717) is 34.1 Å². The van der Waals surface area contributed by atoms with Gasteiger partial charge in [-0.25, -0.2) is 0 Å². The van der Waals surface area contributed by atoms with E-state index in [1.807, 2.05) is 12.1 Å². The van der Waals surface area contributed by atoms with Crippen molar-refractivity contribution < 1.29 is 9.53 Å². The molecule has 9 heteroatoms. The molecule has 32 heavy (non-hydrogen) atoms. The first-order valence-electron chi connectivity index (χ1n) is 11.1. The first-order valence-corrected chi connectivity index (χ1v) is 11.5. The zero-order valence-electron chi connectivity index (χ0n) is 17.6. The maximum absolute atomic E-state index is 12.6. The van der Waals surface area contributed by atoms with Crippen molar-refractivity contribution in [1.29, 1.82) is 5.26 Å². The number of hydrogen-bond acceptors (Lipinski definition) is 7. The molecule has 6 rings (SSSR count).